The third kappa shape index (κ3) is 3.15. The highest BCUT2D eigenvalue weighted by Crippen LogP contribution is 2.46. The molecule has 0 radical (unpaired) electrons. The fourth-order valence-corrected chi connectivity index (χ4v) is 3.78. The topological polar surface area (TPSA) is 52.6 Å². The Balaban J connectivity index is 3.20. The average Bonchev–Trinajstić information content (AvgIpc) is 2.63. The van der Waals surface area contributed by atoms with Crippen molar-refractivity contribution in [2.24, 2.45) is 5.41 Å². The van der Waals surface area contributed by atoms with Gasteiger partial charge in [0, 0.05) is 0 Å². The number of carbonyl (C=O) groups is 2. The zero-order valence-corrected chi connectivity index (χ0v) is 13.3. The summed E-state index contributed by atoms with van der Waals surface area (Å²) in [6, 6.07) is 0. The van der Waals surface area contributed by atoms with E-state index in [4.69, 9.17) is 9.47 Å². The van der Waals surface area contributed by atoms with Crippen molar-refractivity contribution in [3.63, 3.8) is 0 Å². The summed E-state index contributed by atoms with van der Waals surface area (Å²) in [6.45, 7) is 10.6. The Kier molecular flexibility index (Phi) is 4.40. The van der Waals surface area contributed by atoms with E-state index in [1.807, 2.05) is 0 Å². The molecule has 5 heteroatoms. The van der Waals surface area contributed by atoms with Gasteiger partial charge in [0.2, 0.25) is 0 Å². The van der Waals surface area contributed by atoms with E-state index in [1.165, 1.54) is 14.2 Å². The van der Waals surface area contributed by atoms with Crippen LogP contribution in [0.25, 0.3) is 0 Å². The number of allylic oxidation sites excluding steroid dienone is 2. The van der Waals surface area contributed by atoms with E-state index in [-0.39, 0.29) is 6.42 Å². The lowest BCUT2D eigenvalue weighted by Crippen LogP contribution is -2.38. The first-order valence-corrected chi connectivity index (χ1v) is 9.81. The van der Waals surface area contributed by atoms with Crippen molar-refractivity contribution in [3.8, 4) is 0 Å². The van der Waals surface area contributed by atoms with Gasteiger partial charge in [0.15, 0.2) is 5.41 Å². The molecule has 0 aromatic rings. The third-order valence-electron chi connectivity index (χ3n) is 3.22. The molecule has 0 N–H and O–H groups in total. The van der Waals surface area contributed by atoms with E-state index in [9.17, 15) is 9.59 Å². The second-order valence-electron chi connectivity index (χ2n) is 6.06. The Hall–Kier alpha value is -1.36. The minimum Gasteiger partial charge on any atom is -0.468 e. The first-order valence-electron chi connectivity index (χ1n) is 6.23. The fourth-order valence-electron chi connectivity index (χ4n) is 2.43. The molecule has 1 fully saturated rings. The van der Waals surface area contributed by atoms with Crippen LogP contribution in [-0.2, 0) is 19.1 Å². The van der Waals surface area contributed by atoms with Crippen molar-refractivity contribution in [2.75, 3.05) is 14.2 Å². The molecule has 0 spiro atoms. The SMILES string of the molecule is C=C1CC(C(=O)OC)(C(=O)OC)C/C1=C\[Si](C)(C)C. The number of rotatable bonds is 3. The molecule has 0 aliphatic heterocycles. The van der Waals surface area contributed by atoms with Gasteiger partial charge in [-0.15, -0.1) is 0 Å². The normalized spacial score (nSPS) is 20.5. The van der Waals surface area contributed by atoms with Gasteiger partial charge in [-0.3, -0.25) is 9.59 Å². The predicted octanol–water partition coefficient (Wildman–Crippen LogP) is 2.47. The summed E-state index contributed by atoms with van der Waals surface area (Å²) in [6.07, 6.45) is 0.609. The lowest BCUT2D eigenvalue weighted by atomic mass is 9.86. The quantitative estimate of drug-likeness (QED) is 0.453. The van der Waals surface area contributed by atoms with Gasteiger partial charge in [0.25, 0.3) is 0 Å². The summed E-state index contributed by atoms with van der Waals surface area (Å²) in [5.41, 5.74) is 2.77. The molecule has 1 rings (SSSR count). The molecular weight excluding hydrogens is 260 g/mol. The van der Waals surface area contributed by atoms with Crippen LogP contribution in [0.4, 0.5) is 0 Å². The van der Waals surface area contributed by atoms with Gasteiger partial charge >= 0.3 is 11.9 Å². The van der Waals surface area contributed by atoms with Gasteiger partial charge in [-0.25, -0.2) is 0 Å². The molecule has 1 saturated carbocycles. The summed E-state index contributed by atoms with van der Waals surface area (Å²) < 4.78 is 9.58. The van der Waals surface area contributed by atoms with Crippen LogP contribution in [0.5, 0.6) is 0 Å². The van der Waals surface area contributed by atoms with Crippen LogP contribution >= 0.6 is 0 Å². The van der Waals surface area contributed by atoms with Crippen molar-refractivity contribution in [1.29, 1.82) is 0 Å². The summed E-state index contributed by atoms with van der Waals surface area (Å²) in [4.78, 5) is 24.0. The number of ether oxygens (including phenoxy) is 2. The van der Waals surface area contributed by atoms with Crippen molar-refractivity contribution >= 4 is 20.0 Å². The monoisotopic (exact) mass is 282 g/mol. The van der Waals surface area contributed by atoms with Crippen LogP contribution in [-0.4, -0.2) is 34.2 Å². The standard InChI is InChI=1S/C14H22O4Si/c1-10-7-14(12(15)17-2,13(16)18-3)8-11(10)9-19(4,5)6/h9H,1,7-8H2,2-6H3/b11-9+. The molecule has 4 nitrogen and oxygen atoms in total. The van der Waals surface area contributed by atoms with Crippen LogP contribution in [0, 0.1) is 5.41 Å². The largest absolute Gasteiger partial charge is 0.468 e. The van der Waals surface area contributed by atoms with Crippen LogP contribution in [0.1, 0.15) is 12.8 Å². The smallest absolute Gasteiger partial charge is 0.323 e. The number of hydrogen-bond donors (Lipinski definition) is 0. The Labute approximate surface area is 115 Å². The lowest BCUT2D eigenvalue weighted by molar-refractivity contribution is -0.168. The Morgan fingerprint density at radius 2 is 1.63 bits per heavy atom. The number of methoxy groups -OCH3 is 2. The first-order chi connectivity index (χ1) is 8.66. The number of hydrogen-bond acceptors (Lipinski definition) is 4. The maximum absolute atomic E-state index is 12.0. The highest BCUT2D eigenvalue weighted by molar-refractivity contribution is 6.81. The van der Waals surface area contributed by atoms with Crippen molar-refractivity contribution in [1.82, 2.24) is 0 Å². The van der Waals surface area contributed by atoms with Crippen molar-refractivity contribution in [3.05, 3.63) is 23.4 Å². The zero-order chi connectivity index (χ0) is 14.8. The van der Waals surface area contributed by atoms with E-state index in [0.29, 0.717) is 6.42 Å². The molecule has 106 valence electrons. The van der Waals surface area contributed by atoms with E-state index in [0.717, 1.165) is 11.1 Å². The molecule has 0 saturated heterocycles. The van der Waals surface area contributed by atoms with Gasteiger partial charge in [-0.1, -0.05) is 43.1 Å². The maximum atomic E-state index is 12.0. The van der Waals surface area contributed by atoms with E-state index < -0.39 is 25.4 Å². The predicted molar refractivity (Wildman–Crippen MR) is 76.3 cm³/mol. The molecule has 1 aliphatic carbocycles. The summed E-state index contributed by atoms with van der Waals surface area (Å²) in [5, 5.41) is 0. The molecule has 0 aromatic carbocycles. The van der Waals surface area contributed by atoms with E-state index >= 15 is 0 Å². The van der Waals surface area contributed by atoms with Crippen LogP contribution in [0.2, 0.25) is 19.6 Å². The second kappa shape index (κ2) is 5.33. The number of carbonyl (C=O) groups excluding carboxylic acids is 2. The van der Waals surface area contributed by atoms with Gasteiger partial charge in [-0.2, -0.15) is 0 Å². The Morgan fingerprint density at radius 1 is 1.16 bits per heavy atom. The molecule has 0 aromatic heterocycles. The summed E-state index contributed by atoms with van der Waals surface area (Å²) in [7, 11) is 1.13. The van der Waals surface area contributed by atoms with Gasteiger partial charge < -0.3 is 9.47 Å². The average molecular weight is 282 g/mol. The summed E-state index contributed by atoms with van der Waals surface area (Å²) >= 11 is 0. The molecule has 0 heterocycles. The second-order valence-corrected chi connectivity index (χ2v) is 11.1. The minimum atomic E-state index is -1.44. The molecule has 19 heavy (non-hydrogen) atoms. The van der Waals surface area contributed by atoms with Crippen molar-refractivity contribution < 1.29 is 19.1 Å². The van der Waals surface area contributed by atoms with E-state index in [2.05, 4.69) is 31.9 Å². The minimum absolute atomic E-state index is 0.280. The Morgan fingerprint density at radius 3 is 2.00 bits per heavy atom. The molecule has 0 amide bonds. The van der Waals surface area contributed by atoms with Gasteiger partial charge in [0.1, 0.15) is 0 Å². The van der Waals surface area contributed by atoms with Crippen LogP contribution < -0.4 is 0 Å². The fraction of sp³-hybridized carbons (Fsp3) is 0.571. The van der Waals surface area contributed by atoms with Crippen LogP contribution in [0.3, 0.4) is 0 Å². The zero-order valence-electron chi connectivity index (χ0n) is 12.3. The molecule has 0 bridgehead atoms. The van der Waals surface area contributed by atoms with Gasteiger partial charge in [-0.05, 0) is 12.8 Å². The van der Waals surface area contributed by atoms with E-state index in [1.54, 1.807) is 0 Å². The Bertz CT molecular complexity index is 427. The molecular formula is C14H22O4Si. The molecule has 0 atom stereocenters. The van der Waals surface area contributed by atoms with Crippen LogP contribution in [0.15, 0.2) is 23.4 Å². The molecule has 1 aliphatic rings. The summed E-state index contributed by atoms with van der Waals surface area (Å²) in [5.74, 6) is -1.08. The third-order valence-corrected chi connectivity index (χ3v) is 4.44. The van der Waals surface area contributed by atoms with Gasteiger partial charge in [0.05, 0.1) is 22.3 Å². The first kappa shape index (κ1) is 15.7. The van der Waals surface area contributed by atoms with Crippen molar-refractivity contribution in [2.45, 2.75) is 32.5 Å². The highest BCUT2D eigenvalue weighted by Gasteiger charge is 2.53. The lowest BCUT2D eigenvalue weighted by Gasteiger charge is -2.22. The molecule has 0 unspecified atom stereocenters. The highest BCUT2D eigenvalue weighted by atomic mass is 28.3. The maximum Gasteiger partial charge on any atom is 0.323 e. The number of esters is 2.